The van der Waals surface area contributed by atoms with Gasteiger partial charge in [0.25, 0.3) is 0 Å². The first kappa shape index (κ1) is 15.0. The molecule has 1 atom stereocenters. The lowest BCUT2D eigenvalue weighted by molar-refractivity contribution is -0.148. The Hall–Kier alpha value is -1.10. The fourth-order valence-corrected chi connectivity index (χ4v) is 2.07. The SMILES string of the molecule is CCCN(CC(=O)OC)C(=O)CC1CCCCO1. The van der Waals surface area contributed by atoms with E-state index >= 15 is 0 Å². The second-order valence-corrected chi connectivity index (χ2v) is 4.58. The maximum absolute atomic E-state index is 12.1. The van der Waals surface area contributed by atoms with E-state index in [9.17, 15) is 9.59 Å². The number of hydrogen-bond donors (Lipinski definition) is 0. The molecule has 0 aromatic heterocycles. The minimum absolute atomic E-state index is 0.0169. The quantitative estimate of drug-likeness (QED) is 0.674. The van der Waals surface area contributed by atoms with Gasteiger partial charge in [-0.1, -0.05) is 6.92 Å². The van der Waals surface area contributed by atoms with Gasteiger partial charge < -0.3 is 14.4 Å². The third-order valence-corrected chi connectivity index (χ3v) is 3.07. The van der Waals surface area contributed by atoms with Gasteiger partial charge in [-0.15, -0.1) is 0 Å². The smallest absolute Gasteiger partial charge is 0.325 e. The highest BCUT2D eigenvalue weighted by atomic mass is 16.5. The first-order valence-corrected chi connectivity index (χ1v) is 6.63. The van der Waals surface area contributed by atoms with Crippen LogP contribution in [0.2, 0.25) is 0 Å². The summed E-state index contributed by atoms with van der Waals surface area (Å²) in [5.74, 6) is -0.393. The monoisotopic (exact) mass is 257 g/mol. The predicted molar refractivity (Wildman–Crippen MR) is 67.1 cm³/mol. The van der Waals surface area contributed by atoms with Crippen LogP contribution in [-0.4, -0.2) is 49.7 Å². The molecule has 1 saturated heterocycles. The molecule has 18 heavy (non-hydrogen) atoms. The summed E-state index contributed by atoms with van der Waals surface area (Å²) in [6.45, 7) is 3.34. The summed E-state index contributed by atoms with van der Waals surface area (Å²) in [5, 5.41) is 0. The second kappa shape index (κ2) is 8.08. The summed E-state index contributed by atoms with van der Waals surface area (Å²) in [6.07, 6.45) is 4.34. The average molecular weight is 257 g/mol. The van der Waals surface area contributed by atoms with Crippen LogP contribution in [-0.2, 0) is 19.1 Å². The Bertz CT molecular complexity index is 274. The van der Waals surface area contributed by atoms with Crippen molar-refractivity contribution < 1.29 is 19.1 Å². The number of nitrogens with zero attached hydrogens (tertiary/aromatic N) is 1. The van der Waals surface area contributed by atoms with Crippen LogP contribution in [0.15, 0.2) is 0 Å². The lowest BCUT2D eigenvalue weighted by atomic mass is 10.1. The molecule has 1 fully saturated rings. The van der Waals surface area contributed by atoms with Crippen molar-refractivity contribution in [3.8, 4) is 0 Å². The van der Waals surface area contributed by atoms with Crippen LogP contribution < -0.4 is 0 Å². The molecule has 1 aliphatic heterocycles. The summed E-state index contributed by atoms with van der Waals surface area (Å²) in [4.78, 5) is 24.9. The number of methoxy groups -OCH3 is 1. The highest BCUT2D eigenvalue weighted by molar-refractivity contribution is 5.82. The predicted octanol–water partition coefficient (Wildman–Crippen LogP) is 1.36. The molecule has 1 heterocycles. The molecule has 0 aliphatic carbocycles. The van der Waals surface area contributed by atoms with Crippen molar-refractivity contribution in [3.05, 3.63) is 0 Å². The maximum Gasteiger partial charge on any atom is 0.325 e. The van der Waals surface area contributed by atoms with Crippen LogP contribution in [0, 0.1) is 0 Å². The van der Waals surface area contributed by atoms with E-state index in [1.807, 2.05) is 6.92 Å². The lowest BCUT2D eigenvalue weighted by Crippen LogP contribution is -2.39. The van der Waals surface area contributed by atoms with Crippen LogP contribution >= 0.6 is 0 Å². The molecule has 5 heteroatoms. The van der Waals surface area contributed by atoms with Gasteiger partial charge >= 0.3 is 5.97 Å². The normalized spacial score (nSPS) is 19.3. The number of rotatable bonds is 6. The van der Waals surface area contributed by atoms with Crippen LogP contribution in [0.1, 0.15) is 39.0 Å². The molecule has 0 N–H and O–H groups in total. The number of ether oxygens (including phenoxy) is 2. The Morgan fingerprint density at radius 2 is 2.17 bits per heavy atom. The molecule has 0 saturated carbocycles. The minimum atomic E-state index is -0.374. The number of carbonyl (C=O) groups excluding carboxylic acids is 2. The minimum Gasteiger partial charge on any atom is -0.468 e. The fourth-order valence-electron chi connectivity index (χ4n) is 2.07. The van der Waals surface area contributed by atoms with E-state index in [0.717, 1.165) is 32.3 Å². The van der Waals surface area contributed by atoms with Crippen LogP contribution in [0.3, 0.4) is 0 Å². The second-order valence-electron chi connectivity index (χ2n) is 4.58. The third-order valence-electron chi connectivity index (χ3n) is 3.07. The Labute approximate surface area is 108 Å². The van der Waals surface area contributed by atoms with Gasteiger partial charge in [-0.05, 0) is 25.7 Å². The lowest BCUT2D eigenvalue weighted by Gasteiger charge is -2.26. The molecule has 0 bridgehead atoms. The molecule has 1 rings (SSSR count). The zero-order chi connectivity index (χ0) is 13.4. The van der Waals surface area contributed by atoms with Crippen LogP contribution in [0.5, 0.6) is 0 Å². The van der Waals surface area contributed by atoms with Crippen molar-refractivity contribution in [1.82, 2.24) is 4.90 Å². The zero-order valence-electron chi connectivity index (χ0n) is 11.3. The summed E-state index contributed by atoms with van der Waals surface area (Å²) >= 11 is 0. The Balaban J connectivity index is 2.44. The van der Waals surface area contributed by atoms with Gasteiger partial charge in [0, 0.05) is 13.2 Å². The van der Waals surface area contributed by atoms with Gasteiger partial charge in [0.2, 0.25) is 5.91 Å². The summed E-state index contributed by atoms with van der Waals surface area (Å²) in [5.41, 5.74) is 0. The largest absolute Gasteiger partial charge is 0.468 e. The first-order valence-electron chi connectivity index (χ1n) is 6.63. The molecule has 0 aromatic rings. The van der Waals surface area contributed by atoms with Crippen molar-refractivity contribution >= 4 is 11.9 Å². The van der Waals surface area contributed by atoms with E-state index in [-0.39, 0.29) is 24.5 Å². The van der Waals surface area contributed by atoms with Gasteiger partial charge in [0.15, 0.2) is 0 Å². The van der Waals surface area contributed by atoms with E-state index in [0.29, 0.717) is 13.0 Å². The van der Waals surface area contributed by atoms with Gasteiger partial charge in [-0.2, -0.15) is 0 Å². The molecule has 104 valence electrons. The van der Waals surface area contributed by atoms with Crippen molar-refractivity contribution in [2.24, 2.45) is 0 Å². The molecular formula is C13H23NO4. The van der Waals surface area contributed by atoms with E-state index in [2.05, 4.69) is 4.74 Å². The van der Waals surface area contributed by atoms with Gasteiger partial charge in [-0.3, -0.25) is 9.59 Å². The van der Waals surface area contributed by atoms with E-state index < -0.39 is 0 Å². The Morgan fingerprint density at radius 1 is 1.39 bits per heavy atom. The molecule has 5 nitrogen and oxygen atoms in total. The molecule has 1 aliphatic rings. The van der Waals surface area contributed by atoms with Crippen molar-refractivity contribution in [2.45, 2.75) is 45.1 Å². The molecular weight excluding hydrogens is 234 g/mol. The first-order chi connectivity index (χ1) is 8.67. The van der Waals surface area contributed by atoms with E-state index in [1.165, 1.54) is 7.11 Å². The summed E-state index contributed by atoms with van der Waals surface area (Å²) in [7, 11) is 1.33. The molecule has 1 unspecified atom stereocenters. The molecule has 1 amide bonds. The van der Waals surface area contributed by atoms with E-state index in [4.69, 9.17) is 4.74 Å². The highest BCUT2D eigenvalue weighted by Gasteiger charge is 2.22. The van der Waals surface area contributed by atoms with E-state index in [1.54, 1.807) is 4.90 Å². The Kier molecular flexibility index (Phi) is 6.72. The van der Waals surface area contributed by atoms with Gasteiger partial charge in [0.1, 0.15) is 6.54 Å². The summed E-state index contributed by atoms with van der Waals surface area (Å²) in [6, 6.07) is 0. The van der Waals surface area contributed by atoms with Gasteiger partial charge in [0.05, 0.1) is 19.6 Å². The zero-order valence-corrected chi connectivity index (χ0v) is 11.3. The number of hydrogen-bond acceptors (Lipinski definition) is 4. The molecule has 0 spiro atoms. The number of esters is 1. The number of amides is 1. The molecule has 0 radical (unpaired) electrons. The standard InChI is InChI=1S/C13H23NO4/c1-3-7-14(10-13(16)17-2)12(15)9-11-6-4-5-8-18-11/h11H,3-10H2,1-2H3. The highest BCUT2D eigenvalue weighted by Crippen LogP contribution is 2.16. The van der Waals surface area contributed by atoms with Crippen molar-refractivity contribution in [3.63, 3.8) is 0 Å². The van der Waals surface area contributed by atoms with Crippen molar-refractivity contribution in [1.29, 1.82) is 0 Å². The molecule has 0 aromatic carbocycles. The topological polar surface area (TPSA) is 55.8 Å². The van der Waals surface area contributed by atoms with Crippen LogP contribution in [0.4, 0.5) is 0 Å². The number of carbonyl (C=O) groups is 2. The van der Waals surface area contributed by atoms with Crippen LogP contribution in [0.25, 0.3) is 0 Å². The maximum atomic E-state index is 12.1. The Morgan fingerprint density at radius 3 is 2.72 bits per heavy atom. The van der Waals surface area contributed by atoms with Gasteiger partial charge in [-0.25, -0.2) is 0 Å². The summed E-state index contributed by atoms with van der Waals surface area (Å²) < 4.78 is 10.1. The fraction of sp³-hybridized carbons (Fsp3) is 0.846. The average Bonchev–Trinajstić information content (AvgIpc) is 2.39. The van der Waals surface area contributed by atoms with Crippen molar-refractivity contribution in [2.75, 3.05) is 26.8 Å². The third kappa shape index (κ3) is 5.04.